The molecule has 0 amide bonds. The predicted octanol–water partition coefficient (Wildman–Crippen LogP) is 3.24. The molecule has 1 aliphatic carbocycles. The standard InChI is InChI=1S/C15H22BrFN2/c16-13-3-6-15(17)12(9-13)7-8-19-10-11-1-4-14(18)5-2-11/h3,6,9,11,14,19H,1-2,4-5,7-8,10,18H2. The normalized spacial score (nSPS) is 23.5. The molecule has 1 fully saturated rings. The lowest BCUT2D eigenvalue weighted by Crippen LogP contribution is -2.32. The molecule has 0 saturated heterocycles. The molecular formula is C15H22BrFN2. The Morgan fingerprint density at radius 2 is 2.00 bits per heavy atom. The minimum atomic E-state index is -0.117. The summed E-state index contributed by atoms with van der Waals surface area (Å²) in [6.45, 7) is 1.86. The van der Waals surface area contributed by atoms with Crippen LogP contribution < -0.4 is 11.1 Å². The van der Waals surface area contributed by atoms with E-state index in [4.69, 9.17) is 5.73 Å². The Balaban J connectivity index is 1.68. The first-order valence-electron chi connectivity index (χ1n) is 7.05. The maximum atomic E-state index is 13.5. The number of benzene rings is 1. The lowest BCUT2D eigenvalue weighted by molar-refractivity contribution is 0.315. The van der Waals surface area contributed by atoms with Gasteiger partial charge < -0.3 is 11.1 Å². The van der Waals surface area contributed by atoms with Crippen LogP contribution >= 0.6 is 15.9 Å². The summed E-state index contributed by atoms with van der Waals surface area (Å²) in [6, 6.07) is 5.52. The molecule has 0 heterocycles. The molecule has 1 aliphatic rings. The highest BCUT2D eigenvalue weighted by molar-refractivity contribution is 9.10. The van der Waals surface area contributed by atoms with E-state index in [9.17, 15) is 4.39 Å². The number of halogens is 2. The zero-order valence-corrected chi connectivity index (χ0v) is 12.8. The van der Waals surface area contributed by atoms with Gasteiger partial charge in [-0.25, -0.2) is 4.39 Å². The van der Waals surface area contributed by atoms with Gasteiger partial charge in [-0.15, -0.1) is 0 Å². The fourth-order valence-corrected chi connectivity index (χ4v) is 3.06. The zero-order valence-electron chi connectivity index (χ0n) is 11.2. The number of hydrogen-bond acceptors (Lipinski definition) is 2. The lowest BCUT2D eigenvalue weighted by Gasteiger charge is -2.26. The second-order valence-electron chi connectivity index (χ2n) is 5.47. The molecule has 2 rings (SSSR count). The van der Waals surface area contributed by atoms with Crippen molar-refractivity contribution < 1.29 is 4.39 Å². The summed E-state index contributed by atoms with van der Waals surface area (Å²) >= 11 is 3.37. The van der Waals surface area contributed by atoms with Crippen molar-refractivity contribution in [2.75, 3.05) is 13.1 Å². The molecule has 106 valence electrons. The van der Waals surface area contributed by atoms with Crippen LogP contribution in [-0.2, 0) is 6.42 Å². The summed E-state index contributed by atoms with van der Waals surface area (Å²) in [7, 11) is 0. The summed E-state index contributed by atoms with van der Waals surface area (Å²) in [5.41, 5.74) is 6.66. The van der Waals surface area contributed by atoms with Crippen molar-refractivity contribution in [1.82, 2.24) is 5.32 Å². The zero-order chi connectivity index (χ0) is 13.7. The third-order valence-corrected chi connectivity index (χ3v) is 4.40. The Morgan fingerprint density at radius 1 is 1.26 bits per heavy atom. The van der Waals surface area contributed by atoms with Gasteiger partial charge >= 0.3 is 0 Å². The van der Waals surface area contributed by atoms with Crippen LogP contribution in [0.4, 0.5) is 4.39 Å². The van der Waals surface area contributed by atoms with E-state index >= 15 is 0 Å². The Morgan fingerprint density at radius 3 is 2.74 bits per heavy atom. The van der Waals surface area contributed by atoms with E-state index in [2.05, 4.69) is 21.2 Å². The van der Waals surface area contributed by atoms with Crippen molar-refractivity contribution in [2.24, 2.45) is 11.7 Å². The van der Waals surface area contributed by atoms with Crippen molar-refractivity contribution in [2.45, 2.75) is 38.1 Å². The molecule has 0 radical (unpaired) electrons. The van der Waals surface area contributed by atoms with E-state index < -0.39 is 0 Å². The largest absolute Gasteiger partial charge is 0.328 e. The van der Waals surface area contributed by atoms with Crippen molar-refractivity contribution in [1.29, 1.82) is 0 Å². The van der Waals surface area contributed by atoms with Gasteiger partial charge in [-0.3, -0.25) is 0 Å². The molecular weight excluding hydrogens is 307 g/mol. The van der Waals surface area contributed by atoms with Gasteiger partial charge in [0, 0.05) is 10.5 Å². The summed E-state index contributed by atoms with van der Waals surface area (Å²) in [6.07, 6.45) is 5.47. The maximum absolute atomic E-state index is 13.5. The van der Waals surface area contributed by atoms with Crippen LogP contribution in [0.3, 0.4) is 0 Å². The van der Waals surface area contributed by atoms with Crippen molar-refractivity contribution in [3.05, 3.63) is 34.1 Å². The van der Waals surface area contributed by atoms with Crippen LogP contribution in [0.1, 0.15) is 31.2 Å². The fourth-order valence-electron chi connectivity index (χ4n) is 2.66. The second-order valence-corrected chi connectivity index (χ2v) is 6.39. The first kappa shape index (κ1) is 14.9. The fraction of sp³-hybridized carbons (Fsp3) is 0.600. The molecule has 4 heteroatoms. The van der Waals surface area contributed by atoms with Crippen LogP contribution in [0.2, 0.25) is 0 Å². The minimum absolute atomic E-state index is 0.117. The van der Waals surface area contributed by atoms with Gasteiger partial charge in [-0.2, -0.15) is 0 Å². The number of hydrogen-bond donors (Lipinski definition) is 2. The monoisotopic (exact) mass is 328 g/mol. The van der Waals surface area contributed by atoms with Crippen LogP contribution in [0.5, 0.6) is 0 Å². The van der Waals surface area contributed by atoms with Crippen molar-refractivity contribution >= 4 is 15.9 Å². The predicted molar refractivity (Wildman–Crippen MR) is 80.6 cm³/mol. The van der Waals surface area contributed by atoms with Gasteiger partial charge in [0.05, 0.1) is 0 Å². The van der Waals surface area contributed by atoms with E-state index in [0.717, 1.165) is 48.3 Å². The Labute approximate surface area is 123 Å². The van der Waals surface area contributed by atoms with Crippen LogP contribution in [0.15, 0.2) is 22.7 Å². The molecule has 0 unspecified atom stereocenters. The van der Waals surface area contributed by atoms with E-state index in [1.165, 1.54) is 18.9 Å². The first-order valence-corrected chi connectivity index (χ1v) is 7.84. The first-order chi connectivity index (χ1) is 9.15. The minimum Gasteiger partial charge on any atom is -0.328 e. The highest BCUT2D eigenvalue weighted by Gasteiger charge is 2.17. The average Bonchev–Trinajstić information content (AvgIpc) is 2.40. The molecule has 19 heavy (non-hydrogen) atoms. The molecule has 0 aliphatic heterocycles. The second kappa shape index (κ2) is 7.36. The molecule has 0 aromatic heterocycles. The number of nitrogens with two attached hydrogens (primary N) is 1. The number of rotatable bonds is 5. The Hall–Kier alpha value is -0.450. The van der Waals surface area contributed by atoms with Gasteiger partial charge in [0.1, 0.15) is 5.82 Å². The van der Waals surface area contributed by atoms with E-state index in [1.54, 1.807) is 6.07 Å². The van der Waals surface area contributed by atoms with Gasteiger partial charge in [-0.05, 0) is 74.9 Å². The van der Waals surface area contributed by atoms with E-state index in [0.29, 0.717) is 6.04 Å². The summed E-state index contributed by atoms with van der Waals surface area (Å²) in [5.74, 6) is 0.626. The summed E-state index contributed by atoms with van der Waals surface area (Å²) in [4.78, 5) is 0. The molecule has 3 N–H and O–H groups in total. The van der Waals surface area contributed by atoms with Crippen molar-refractivity contribution in [3.8, 4) is 0 Å². The molecule has 1 aromatic carbocycles. The quantitative estimate of drug-likeness (QED) is 0.814. The third-order valence-electron chi connectivity index (χ3n) is 3.90. The van der Waals surface area contributed by atoms with Gasteiger partial charge in [0.25, 0.3) is 0 Å². The highest BCUT2D eigenvalue weighted by Crippen LogP contribution is 2.22. The maximum Gasteiger partial charge on any atom is 0.126 e. The number of nitrogens with one attached hydrogen (secondary N) is 1. The molecule has 0 atom stereocenters. The van der Waals surface area contributed by atoms with Gasteiger partial charge in [0.2, 0.25) is 0 Å². The molecule has 1 saturated carbocycles. The molecule has 1 aromatic rings. The average molecular weight is 329 g/mol. The highest BCUT2D eigenvalue weighted by atomic mass is 79.9. The van der Waals surface area contributed by atoms with Crippen LogP contribution in [0, 0.1) is 11.7 Å². The SMILES string of the molecule is NC1CCC(CNCCc2cc(Br)ccc2F)CC1. The van der Waals surface area contributed by atoms with E-state index in [-0.39, 0.29) is 5.82 Å². The van der Waals surface area contributed by atoms with Gasteiger partial charge in [0.15, 0.2) is 0 Å². The lowest BCUT2D eigenvalue weighted by atomic mass is 9.86. The molecule has 2 nitrogen and oxygen atoms in total. The van der Waals surface area contributed by atoms with Crippen LogP contribution in [0.25, 0.3) is 0 Å². The Bertz CT molecular complexity index is 403. The van der Waals surface area contributed by atoms with Crippen molar-refractivity contribution in [3.63, 3.8) is 0 Å². The topological polar surface area (TPSA) is 38.0 Å². The van der Waals surface area contributed by atoms with E-state index in [1.807, 2.05) is 6.07 Å². The summed E-state index contributed by atoms with van der Waals surface area (Å²) in [5, 5.41) is 3.44. The third kappa shape index (κ3) is 4.86. The van der Waals surface area contributed by atoms with Gasteiger partial charge in [-0.1, -0.05) is 15.9 Å². The van der Waals surface area contributed by atoms with Crippen LogP contribution in [-0.4, -0.2) is 19.1 Å². The summed E-state index contributed by atoms with van der Waals surface area (Å²) < 4.78 is 14.5. The smallest absolute Gasteiger partial charge is 0.126 e. The molecule has 0 spiro atoms. The molecule has 0 bridgehead atoms. The Kier molecular flexibility index (Phi) is 5.79.